The Kier molecular flexibility index (Phi) is 2.62. The third kappa shape index (κ3) is 1.75. The van der Waals surface area contributed by atoms with Crippen molar-refractivity contribution in [3.05, 3.63) is 53.6 Å². The van der Waals surface area contributed by atoms with Gasteiger partial charge in [-0.3, -0.25) is 4.79 Å². The SMILES string of the molecule is O=C1CCN(c2cccc3c2Cc2ccccc2-3)CC1. The van der Waals surface area contributed by atoms with Gasteiger partial charge in [-0.25, -0.2) is 0 Å². The van der Waals surface area contributed by atoms with Gasteiger partial charge in [-0.2, -0.15) is 0 Å². The number of nitrogens with zero attached hydrogens (tertiary/aromatic N) is 1. The van der Waals surface area contributed by atoms with Crippen LogP contribution in [0.5, 0.6) is 0 Å². The number of piperidine rings is 1. The Labute approximate surface area is 119 Å². The number of benzene rings is 2. The number of rotatable bonds is 1. The van der Waals surface area contributed by atoms with E-state index in [9.17, 15) is 4.79 Å². The van der Waals surface area contributed by atoms with E-state index in [0.29, 0.717) is 18.6 Å². The van der Waals surface area contributed by atoms with E-state index >= 15 is 0 Å². The van der Waals surface area contributed by atoms with Gasteiger partial charge in [-0.1, -0.05) is 36.4 Å². The van der Waals surface area contributed by atoms with Gasteiger partial charge in [0.2, 0.25) is 0 Å². The highest BCUT2D eigenvalue weighted by atomic mass is 16.1. The highest BCUT2D eigenvalue weighted by molar-refractivity contribution is 5.84. The van der Waals surface area contributed by atoms with E-state index in [2.05, 4.69) is 47.4 Å². The normalized spacial score (nSPS) is 17.0. The lowest BCUT2D eigenvalue weighted by molar-refractivity contribution is -0.119. The standard InChI is InChI=1S/C18H17NO/c20-14-8-10-19(11-9-14)18-7-3-6-16-15-5-2-1-4-13(15)12-17(16)18/h1-7H,8-12H2. The third-order valence-electron chi connectivity index (χ3n) is 4.49. The van der Waals surface area contributed by atoms with Gasteiger partial charge in [0, 0.05) is 38.0 Å². The minimum Gasteiger partial charge on any atom is -0.370 e. The molecule has 2 aliphatic rings. The van der Waals surface area contributed by atoms with Gasteiger partial charge in [-0.05, 0) is 28.3 Å². The molecular formula is C18H17NO. The first-order valence-electron chi connectivity index (χ1n) is 7.30. The lowest BCUT2D eigenvalue weighted by Gasteiger charge is -2.30. The fourth-order valence-electron chi connectivity index (χ4n) is 3.43. The summed E-state index contributed by atoms with van der Waals surface area (Å²) in [5.74, 6) is 0.400. The van der Waals surface area contributed by atoms with Gasteiger partial charge in [0.05, 0.1) is 0 Å². The molecule has 2 aromatic rings. The van der Waals surface area contributed by atoms with E-state index < -0.39 is 0 Å². The summed E-state index contributed by atoms with van der Waals surface area (Å²) in [7, 11) is 0. The molecule has 2 nitrogen and oxygen atoms in total. The predicted octanol–water partition coefficient (Wildman–Crippen LogP) is 3.43. The Hall–Kier alpha value is -2.09. The topological polar surface area (TPSA) is 20.3 Å². The summed E-state index contributed by atoms with van der Waals surface area (Å²) in [5.41, 5.74) is 6.92. The first-order valence-corrected chi connectivity index (χ1v) is 7.30. The third-order valence-corrected chi connectivity index (χ3v) is 4.49. The zero-order chi connectivity index (χ0) is 13.5. The van der Waals surface area contributed by atoms with E-state index in [1.807, 2.05) is 0 Å². The fourth-order valence-corrected chi connectivity index (χ4v) is 3.43. The van der Waals surface area contributed by atoms with Crippen molar-refractivity contribution in [2.24, 2.45) is 0 Å². The van der Waals surface area contributed by atoms with Crippen molar-refractivity contribution in [1.82, 2.24) is 0 Å². The molecule has 1 saturated heterocycles. The highest BCUT2D eigenvalue weighted by Crippen LogP contribution is 2.41. The van der Waals surface area contributed by atoms with Crippen LogP contribution in [0.15, 0.2) is 42.5 Å². The van der Waals surface area contributed by atoms with Gasteiger partial charge in [0.25, 0.3) is 0 Å². The van der Waals surface area contributed by atoms with E-state index in [-0.39, 0.29) is 0 Å². The van der Waals surface area contributed by atoms with E-state index in [1.165, 1.54) is 27.9 Å². The molecule has 1 aliphatic carbocycles. The lowest BCUT2D eigenvalue weighted by Crippen LogP contribution is -2.34. The average Bonchev–Trinajstić information content (AvgIpc) is 2.87. The molecule has 0 saturated carbocycles. The molecule has 1 heterocycles. The Morgan fingerprint density at radius 1 is 0.850 bits per heavy atom. The minimum atomic E-state index is 0.400. The Bertz CT molecular complexity index is 680. The van der Waals surface area contributed by atoms with Crippen LogP contribution in [0.25, 0.3) is 11.1 Å². The number of carbonyl (C=O) groups excluding carboxylic acids is 1. The van der Waals surface area contributed by atoms with Crippen LogP contribution in [0.2, 0.25) is 0 Å². The summed E-state index contributed by atoms with van der Waals surface area (Å²) in [6.45, 7) is 1.73. The van der Waals surface area contributed by atoms with Crippen molar-refractivity contribution in [1.29, 1.82) is 0 Å². The average molecular weight is 263 g/mol. The molecule has 0 aromatic heterocycles. The molecule has 2 aromatic carbocycles. The van der Waals surface area contributed by atoms with Gasteiger partial charge >= 0.3 is 0 Å². The summed E-state index contributed by atoms with van der Waals surface area (Å²) >= 11 is 0. The number of ketones is 1. The van der Waals surface area contributed by atoms with Crippen LogP contribution >= 0.6 is 0 Å². The van der Waals surface area contributed by atoms with Crippen LogP contribution in [-0.2, 0) is 11.2 Å². The maximum Gasteiger partial charge on any atom is 0.136 e. The zero-order valence-electron chi connectivity index (χ0n) is 11.4. The maximum absolute atomic E-state index is 11.4. The maximum atomic E-state index is 11.4. The molecule has 2 heteroatoms. The van der Waals surface area contributed by atoms with Gasteiger partial charge in [-0.15, -0.1) is 0 Å². The summed E-state index contributed by atoms with van der Waals surface area (Å²) < 4.78 is 0. The molecular weight excluding hydrogens is 246 g/mol. The van der Waals surface area contributed by atoms with Crippen molar-refractivity contribution in [3.63, 3.8) is 0 Å². The molecule has 0 atom stereocenters. The smallest absolute Gasteiger partial charge is 0.136 e. The largest absolute Gasteiger partial charge is 0.370 e. The van der Waals surface area contributed by atoms with E-state index in [1.54, 1.807) is 0 Å². The summed E-state index contributed by atoms with van der Waals surface area (Å²) in [6.07, 6.45) is 2.40. The molecule has 100 valence electrons. The Morgan fingerprint density at radius 3 is 2.45 bits per heavy atom. The monoisotopic (exact) mass is 263 g/mol. The number of hydrogen-bond donors (Lipinski definition) is 0. The predicted molar refractivity (Wildman–Crippen MR) is 81.1 cm³/mol. The van der Waals surface area contributed by atoms with Gasteiger partial charge in [0.15, 0.2) is 0 Å². The first-order chi connectivity index (χ1) is 9.83. The molecule has 0 unspecified atom stereocenters. The Morgan fingerprint density at radius 2 is 1.60 bits per heavy atom. The van der Waals surface area contributed by atoms with Crippen molar-refractivity contribution >= 4 is 11.5 Å². The second-order valence-electron chi connectivity index (χ2n) is 5.66. The fraction of sp³-hybridized carbons (Fsp3) is 0.278. The summed E-state index contributed by atoms with van der Waals surface area (Å²) in [4.78, 5) is 13.8. The molecule has 0 spiro atoms. The first kappa shape index (κ1) is 11.7. The number of anilines is 1. The molecule has 0 radical (unpaired) electrons. The molecule has 0 amide bonds. The molecule has 1 aliphatic heterocycles. The second-order valence-corrected chi connectivity index (χ2v) is 5.66. The van der Waals surface area contributed by atoms with Crippen LogP contribution in [0, 0.1) is 0 Å². The van der Waals surface area contributed by atoms with Crippen LogP contribution < -0.4 is 4.90 Å². The minimum absolute atomic E-state index is 0.400. The van der Waals surface area contributed by atoms with Crippen LogP contribution in [0.3, 0.4) is 0 Å². The highest BCUT2D eigenvalue weighted by Gasteiger charge is 2.24. The molecule has 0 N–H and O–H groups in total. The van der Waals surface area contributed by atoms with Crippen LogP contribution in [0.1, 0.15) is 24.0 Å². The molecule has 1 fully saturated rings. The van der Waals surface area contributed by atoms with Crippen molar-refractivity contribution in [3.8, 4) is 11.1 Å². The summed E-state index contributed by atoms with van der Waals surface area (Å²) in [5, 5.41) is 0. The van der Waals surface area contributed by atoms with E-state index in [4.69, 9.17) is 0 Å². The number of fused-ring (bicyclic) bond motifs is 3. The number of Topliss-reactive ketones (excluding diaryl/α,β-unsaturated/α-hetero) is 1. The van der Waals surface area contributed by atoms with Gasteiger partial charge in [0.1, 0.15) is 5.78 Å². The van der Waals surface area contributed by atoms with Crippen molar-refractivity contribution in [2.75, 3.05) is 18.0 Å². The van der Waals surface area contributed by atoms with Crippen LogP contribution in [0.4, 0.5) is 5.69 Å². The second kappa shape index (κ2) is 4.48. The molecule has 0 bridgehead atoms. The number of carbonyl (C=O) groups is 1. The quantitative estimate of drug-likeness (QED) is 0.670. The molecule has 20 heavy (non-hydrogen) atoms. The van der Waals surface area contributed by atoms with Crippen LogP contribution in [-0.4, -0.2) is 18.9 Å². The van der Waals surface area contributed by atoms with Crippen molar-refractivity contribution in [2.45, 2.75) is 19.3 Å². The summed E-state index contributed by atoms with van der Waals surface area (Å²) in [6, 6.07) is 15.2. The Balaban J connectivity index is 1.76. The lowest BCUT2D eigenvalue weighted by atomic mass is 10.0. The van der Waals surface area contributed by atoms with Gasteiger partial charge < -0.3 is 4.90 Å². The van der Waals surface area contributed by atoms with E-state index in [0.717, 1.165) is 19.5 Å². The zero-order valence-corrected chi connectivity index (χ0v) is 11.4. The molecule has 4 rings (SSSR count). The van der Waals surface area contributed by atoms with Crippen molar-refractivity contribution < 1.29 is 4.79 Å². The number of hydrogen-bond acceptors (Lipinski definition) is 2.